The summed E-state index contributed by atoms with van der Waals surface area (Å²) in [7, 11) is 0. The third-order valence-electron chi connectivity index (χ3n) is 3.55. The molecule has 2 aromatic carbocycles. The third-order valence-corrected chi connectivity index (χ3v) is 4.29. The van der Waals surface area contributed by atoms with Gasteiger partial charge in [0.2, 0.25) is 0 Å². The van der Waals surface area contributed by atoms with Gasteiger partial charge in [-0.15, -0.1) is 0 Å². The fourth-order valence-electron chi connectivity index (χ4n) is 2.21. The summed E-state index contributed by atoms with van der Waals surface area (Å²) < 4.78 is 37.1. The van der Waals surface area contributed by atoms with Gasteiger partial charge < -0.3 is 9.15 Å². The SMILES string of the molecule is O=C(/C=C/c1ccc(COc2ccc(F)cc2F)o1)c1ccc(Cl)c(Cl)c1. The zero-order valence-corrected chi connectivity index (χ0v) is 15.2. The molecule has 1 aromatic heterocycles. The van der Waals surface area contributed by atoms with Crippen LogP contribution in [0.4, 0.5) is 8.78 Å². The summed E-state index contributed by atoms with van der Waals surface area (Å²) in [6.45, 7) is -0.0445. The summed E-state index contributed by atoms with van der Waals surface area (Å²) in [6.07, 6.45) is 2.83. The first-order valence-electron chi connectivity index (χ1n) is 7.76. The Hall–Kier alpha value is -2.63. The van der Waals surface area contributed by atoms with E-state index in [0.717, 1.165) is 12.1 Å². The average molecular weight is 409 g/mol. The Kier molecular flexibility index (Phi) is 5.94. The van der Waals surface area contributed by atoms with Gasteiger partial charge >= 0.3 is 0 Å². The van der Waals surface area contributed by atoms with E-state index in [9.17, 15) is 13.6 Å². The molecule has 0 atom stereocenters. The zero-order valence-electron chi connectivity index (χ0n) is 13.7. The molecule has 1 heterocycles. The number of hydrogen-bond donors (Lipinski definition) is 0. The molecule has 0 N–H and O–H groups in total. The summed E-state index contributed by atoms with van der Waals surface area (Å²) >= 11 is 11.7. The van der Waals surface area contributed by atoms with Crippen molar-refractivity contribution in [3.8, 4) is 5.75 Å². The number of carbonyl (C=O) groups is 1. The van der Waals surface area contributed by atoms with Crippen molar-refractivity contribution in [3.05, 3.63) is 93.4 Å². The van der Waals surface area contributed by atoms with Crippen molar-refractivity contribution in [1.82, 2.24) is 0 Å². The van der Waals surface area contributed by atoms with E-state index in [4.69, 9.17) is 32.4 Å². The Bertz CT molecular complexity index is 1010. The minimum absolute atomic E-state index is 0.0445. The van der Waals surface area contributed by atoms with Crippen LogP contribution in [0.5, 0.6) is 5.75 Å². The normalized spacial score (nSPS) is 11.1. The van der Waals surface area contributed by atoms with Crippen molar-refractivity contribution >= 4 is 35.1 Å². The molecule has 0 bridgehead atoms. The highest BCUT2D eigenvalue weighted by molar-refractivity contribution is 6.42. The molecule has 0 saturated heterocycles. The van der Waals surface area contributed by atoms with E-state index in [1.165, 1.54) is 24.3 Å². The summed E-state index contributed by atoms with van der Waals surface area (Å²) in [5.74, 6) is -0.997. The number of benzene rings is 2. The maximum absolute atomic E-state index is 13.5. The lowest BCUT2D eigenvalue weighted by atomic mass is 10.1. The number of carbonyl (C=O) groups excluding carboxylic acids is 1. The third kappa shape index (κ3) is 4.96. The lowest BCUT2D eigenvalue weighted by molar-refractivity contribution is 0.104. The van der Waals surface area contributed by atoms with Crippen LogP contribution in [0.15, 0.2) is 59.0 Å². The number of hydrogen-bond acceptors (Lipinski definition) is 3. The van der Waals surface area contributed by atoms with Gasteiger partial charge in [-0.1, -0.05) is 23.2 Å². The summed E-state index contributed by atoms with van der Waals surface area (Å²) in [5, 5.41) is 0.659. The lowest BCUT2D eigenvalue weighted by Gasteiger charge is -2.05. The number of allylic oxidation sites excluding steroid dienone is 1. The molecule has 0 aliphatic carbocycles. The van der Waals surface area contributed by atoms with Gasteiger partial charge in [0.1, 0.15) is 23.9 Å². The van der Waals surface area contributed by atoms with E-state index in [1.807, 2.05) is 0 Å². The van der Waals surface area contributed by atoms with Gasteiger partial charge in [-0.25, -0.2) is 8.78 Å². The van der Waals surface area contributed by atoms with Crippen LogP contribution >= 0.6 is 23.2 Å². The summed E-state index contributed by atoms with van der Waals surface area (Å²) in [4.78, 5) is 12.1. The number of ketones is 1. The van der Waals surface area contributed by atoms with Crippen LogP contribution in [0.25, 0.3) is 6.08 Å². The number of halogens is 4. The number of ether oxygens (including phenoxy) is 1. The summed E-state index contributed by atoms with van der Waals surface area (Å²) in [5.41, 5.74) is 0.391. The number of furan rings is 1. The van der Waals surface area contributed by atoms with Crippen LogP contribution in [0.2, 0.25) is 10.0 Å². The Labute approximate surface area is 163 Å². The molecule has 0 fully saturated rings. The van der Waals surface area contributed by atoms with Crippen molar-refractivity contribution in [2.45, 2.75) is 6.61 Å². The van der Waals surface area contributed by atoms with Gasteiger partial charge in [0.15, 0.2) is 17.3 Å². The minimum Gasteiger partial charge on any atom is -0.483 e. The molecule has 0 amide bonds. The van der Waals surface area contributed by atoms with Gasteiger partial charge in [-0.2, -0.15) is 0 Å². The van der Waals surface area contributed by atoms with Gasteiger partial charge in [0.05, 0.1) is 10.0 Å². The molecule has 3 rings (SSSR count). The highest BCUT2D eigenvalue weighted by Gasteiger charge is 2.08. The molecule has 7 heteroatoms. The molecule has 27 heavy (non-hydrogen) atoms. The predicted molar refractivity (Wildman–Crippen MR) is 99.2 cm³/mol. The second-order valence-corrected chi connectivity index (χ2v) is 6.31. The van der Waals surface area contributed by atoms with Crippen molar-refractivity contribution in [2.24, 2.45) is 0 Å². The zero-order chi connectivity index (χ0) is 19.4. The summed E-state index contributed by atoms with van der Waals surface area (Å²) in [6, 6.07) is 10.9. The monoisotopic (exact) mass is 408 g/mol. The molecule has 3 aromatic rings. The quantitative estimate of drug-likeness (QED) is 0.352. The van der Waals surface area contributed by atoms with E-state index in [-0.39, 0.29) is 18.1 Å². The number of rotatable bonds is 6. The van der Waals surface area contributed by atoms with Gasteiger partial charge in [0, 0.05) is 11.6 Å². The maximum atomic E-state index is 13.5. The Balaban J connectivity index is 1.62. The van der Waals surface area contributed by atoms with E-state index in [0.29, 0.717) is 27.1 Å². The minimum atomic E-state index is -0.797. The Morgan fingerprint density at radius 1 is 1.04 bits per heavy atom. The molecular weight excluding hydrogens is 397 g/mol. The van der Waals surface area contributed by atoms with Gasteiger partial charge in [0.25, 0.3) is 0 Å². The average Bonchev–Trinajstić information content (AvgIpc) is 3.09. The molecule has 138 valence electrons. The highest BCUT2D eigenvalue weighted by atomic mass is 35.5. The molecule has 0 spiro atoms. The van der Waals surface area contributed by atoms with Crippen LogP contribution < -0.4 is 4.74 Å². The smallest absolute Gasteiger partial charge is 0.186 e. The maximum Gasteiger partial charge on any atom is 0.186 e. The molecule has 3 nitrogen and oxygen atoms in total. The second kappa shape index (κ2) is 8.37. The first-order valence-corrected chi connectivity index (χ1v) is 8.52. The standard InChI is InChI=1S/C20H12Cl2F2O3/c21-16-6-1-12(9-17(16)22)19(25)7-5-14-3-4-15(27-14)11-26-20-8-2-13(23)10-18(20)24/h1-10H,11H2/b7-5+. The van der Waals surface area contributed by atoms with Crippen molar-refractivity contribution in [3.63, 3.8) is 0 Å². The molecular formula is C20H12Cl2F2O3. The fourth-order valence-corrected chi connectivity index (χ4v) is 2.50. The molecule has 0 unspecified atom stereocenters. The predicted octanol–water partition coefficient (Wildman–Crippen LogP) is 6.34. The molecule has 0 aliphatic rings. The van der Waals surface area contributed by atoms with Crippen LogP contribution in [0.3, 0.4) is 0 Å². The van der Waals surface area contributed by atoms with E-state index >= 15 is 0 Å². The van der Waals surface area contributed by atoms with Crippen molar-refractivity contribution in [2.75, 3.05) is 0 Å². The van der Waals surface area contributed by atoms with Gasteiger partial charge in [-0.3, -0.25) is 4.79 Å². The van der Waals surface area contributed by atoms with Gasteiger partial charge in [-0.05, 0) is 54.6 Å². The lowest BCUT2D eigenvalue weighted by Crippen LogP contribution is -1.96. The molecule has 0 radical (unpaired) electrons. The first-order chi connectivity index (χ1) is 12.9. The van der Waals surface area contributed by atoms with Crippen LogP contribution in [-0.2, 0) is 6.61 Å². The van der Waals surface area contributed by atoms with Crippen LogP contribution in [0, 0.1) is 11.6 Å². The second-order valence-electron chi connectivity index (χ2n) is 5.49. The van der Waals surface area contributed by atoms with E-state index in [1.54, 1.807) is 24.3 Å². The highest BCUT2D eigenvalue weighted by Crippen LogP contribution is 2.23. The molecule has 0 saturated carbocycles. The Morgan fingerprint density at radius 3 is 2.59 bits per heavy atom. The van der Waals surface area contributed by atoms with Crippen LogP contribution in [0.1, 0.15) is 21.9 Å². The fraction of sp³-hybridized carbons (Fsp3) is 0.0500. The van der Waals surface area contributed by atoms with Crippen LogP contribution in [-0.4, -0.2) is 5.78 Å². The van der Waals surface area contributed by atoms with E-state index < -0.39 is 11.6 Å². The largest absolute Gasteiger partial charge is 0.483 e. The molecule has 0 aliphatic heterocycles. The van der Waals surface area contributed by atoms with E-state index in [2.05, 4.69) is 0 Å². The topological polar surface area (TPSA) is 39.4 Å². The van der Waals surface area contributed by atoms with Crippen molar-refractivity contribution in [1.29, 1.82) is 0 Å². The van der Waals surface area contributed by atoms with Crippen molar-refractivity contribution < 1.29 is 22.7 Å². The Morgan fingerprint density at radius 2 is 1.85 bits per heavy atom. The first kappa shape index (κ1) is 19.1.